The van der Waals surface area contributed by atoms with Gasteiger partial charge >= 0.3 is 0 Å². The Morgan fingerprint density at radius 1 is 1.14 bits per heavy atom. The number of aromatic nitrogens is 3. The molecule has 3 aliphatic heterocycles. The van der Waals surface area contributed by atoms with E-state index in [9.17, 15) is 14.6 Å². The number of piperazine rings is 1. The van der Waals surface area contributed by atoms with Crippen LogP contribution in [0.3, 0.4) is 0 Å². The Bertz CT molecular complexity index is 1250. The van der Waals surface area contributed by atoms with E-state index in [1.54, 1.807) is 13.3 Å². The van der Waals surface area contributed by atoms with Gasteiger partial charge in [-0.25, -0.2) is 9.97 Å². The van der Waals surface area contributed by atoms with Crippen molar-refractivity contribution in [2.75, 3.05) is 25.1 Å². The van der Waals surface area contributed by atoms with Crippen LogP contribution >= 0.6 is 0 Å². The zero-order chi connectivity index (χ0) is 24.5. The SMILES string of the molecule is COc1ccc(CN2C3CC2CN(c2ccc(-c4cc(O)cnc4C(=CO)C(=N)F)cn2)C3)cn1. The van der Waals surface area contributed by atoms with Gasteiger partial charge in [0.25, 0.3) is 0 Å². The zero-order valence-corrected chi connectivity index (χ0v) is 19.1. The molecular formula is C25H25FN6O3. The third kappa shape index (κ3) is 4.40. The molecule has 2 unspecified atom stereocenters. The van der Waals surface area contributed by atoms with E-state index < -0.39 is 5.97 Å². The van der Waals surface area contributed by atoms with Crippen molar-refractivity contribution < 1.29 is 19.3 Å². The van der Waals surface area contributed by atoms with Crippen LogP contribution in [0.25, 0.3) is 16.7 Å². The van der Waals surface area contributed by atoms with Crippen molar-refractivity contribution in [2.45, 2.75) is 25.0 Å². The van der Waals surface area contributed by atoms with E-state index in [1.807, 2.05) is 30.5 Å². The molecule has 0 saturated carbocycles. The summed E-state index contributed by atoms with van der Waals surface area (Å²) in [5.74, 6) is 0.0104. The van der Waals surface area contributed by atoms with Gasteiger partial charge in [0.15, 0.2) is 0 Å². The fourth-order valence-electron chi connectivity index (χ4n) is 4.81. The van der Waals surface area contributed by atoms with Crippen LogP contribution in [0.1, 0.15) is 17.7 Å². The van der Waals surface area contributed by atoms with Crippen molar-refractivity contribution in [1.29, 1.82) is 5.41 Å². The molecule has 3 aliphatic rings. The van der Waals surface area contributed by atoms with Crippen molar-refractivity contribution in [3.05, 3.63) is 66.4 Å². The molecule has 6 heterocycles. The van der Waals surface area contributed by atoms with Gasteiger partial charge in [-0.05, 0) is 30.2 Å². The van der Waals surface area contributed by atoms with Gasteiger partial charge in [-0.3, -0.25) is 15.3 Å². The highest BCUT2D eigenvalue weighted by molar-refractivity contribution is 6.18. The molecule has 3 N–H and O–H groups in total. The second kappa shape index (κ2) is 9.30. The lowest BCUT2D eigenvalue weighted by Crippen LogP contribution is -2.68. The van der Waals surface area contributed by atoms with Crippen LogP contribution in [0.4, 0.5) is 10.2 Å². The molecule has 35 heavy (non-hydrogen) atoms. The molecule has 3 saturated heterocycles. The highest BCUT2D eigenvalue weighted by atomic mass is 19.1. The maximum absolute atomic E-state index is 13.6. The van der Waals surface area contributed by atoms with Crippen LogP contribution in [0.5, 0.6) is 11.6 Å². The molecular weight excluding hydrogens is 451 g/mol. The van der Waals surface area contributed by atoms with Crippen LogP contribution in [-0.2, 0) is 6.54 Å². The zero-order valence-electron chi connectivity index (χ0n) is 19.1. The Morgan fingerprint density at radius 3 is 2.54 bits per heavy atom. The third-order valence-electron chi connectivity index (χ3n) is 6.59. The van der Waals surface area contributed by atoms with Gasteiger partial charge < -0.3 is 19.8 Å². The topological polar surface area (TPSA) is 119 Å². The standard InChI is InChI=1S/C25H25FN6O3/c1-35-23-5-2-15(8-29-23)11-32-17-6-18(32)13-31(12-17)22-4-3-16(9-28-22)20-7-19(34)10-30-24(20)21(14-33)25(26)27/h2-5,7-10,14,17-18,27,33-34H,6,11-13H2,1H3. The second-order valence-corrected chi connectivity index (χ2v) is 8.68. The maximum Gasteiger partial charge on any atom is 0.218 e. The lowest BCUT2D eigenvalue weighted by Gasteiger charge is -2.56. The van der Waals surface area contributed by atoms with Gasteiger partial charge in [0.05, 0.1) is 30.8 Å². The first-order chi connectivity index (χ1) is 17.0. The number of piperidine rings is 1. The smallest absolute Gasteiger partial charge is 0.218 e. The summed E-state index contributed by atoms with van der Waals surface area (Å²) in [6.45, 7) is 2.58. The predicted octanol–water partition coefficient (Wildman–Crippen LogP) is 3.56. The molecule has 3 aromatic rings. The Labute approximate surface area is 201 Å². The van der Waals surface area contributed by atoms with E-state index in [2.05, 4.69) is 24.8 Å². The molecule has 0 radical (unpaired) electrons. The molecule has 2 atom stereocenters. The van der Waals surface area contributed by atoms with E-state index in [0.29, 0.717) is 35.4 Å². The monoisotopic (exact) mass is 476 g/mol. The average Bonchev–Trinajstić information content (AvgIpc) is 2.88. The normalized spacial score (nSPS) is 19.8. The molecule has 3 fully saturated rings. The van der Waals surface area contributed by atoms with E-state index in [0.717, 1.165) is 43.6 Å². The van der Waals surface area contributed by atoms with Crippen molar-refractivity contribution in [3.8, 4) is 22.8 Å². The summed E-state index contributed by atoms with van der Waals surface area (Å²) in [6, 6.07) is 9.91. The minimum absolute atomic E-state index is 0.0511. The first-order valence-corrected chi connectivity index (χ1v) is 11.2. The molecule has 10 heteroatoms. The average molecular weight is 477 g/mol. The van der Waals surface area contributed by atoms with Crippen molar-refractivity contribution in [2.24, 2.45) is 0 Å². The van der Waals surface area contributed by atoms with Gasteiger partial charge in [0.2, 0.25) is 11.8 Å². The minimum atomic E-state index is -1.32. The van der Waals surface area contributed by atoms with Gasteiger partial charge in [0.1, 0.15) is 11.6 Å². The summed E-state index contributed by atoms with van der Waals surface area (Å²) in [6.07, 6.45) is 6.29. The molecule has 3 aromatic heterocycles. The number of halogens is 1. The number of aliphatic hydroxyl groups excluding tert-OH is 1. The molecule has 6 rings (SSSR count). The number of anilines is 1. The molecule has 0 aromatic carbocycles. The fraction of sp³-hybridized carbons (Fsp3) is 0.280. The Morgan fingerprint density at radius 2 is 1.94 bits per heavy atom. The Kier molecular flexibility index (Phi) is 6.04. The van der Waals surface area contributed by atoms with Crippen LogP contribution in [0, 0.1) is 5.41 Å². The summed E-state index contributed by atoms with van der Waals surface area (Å²) >= 11 is 0. The number of hydrogen-bond donors (Lipinski definition) is 3. The number of aromatic hydroxyl groups is 1. The number of rotatable bonds is 7. The van der Waals surface area contributed by atoms with Crippen LogP contribution < -0.4 is 9.64 Å². The lowest BCUT2D eigenvalue weighted by atomic mass is 9.87. The van der Waals surface area contributed by atoms with Gasteiger partial charge in [-0.1, -0.05) is 6.07 Å². The summed E-state index contributed by atoms with van der Waals surface area (Å²) in [7, 11) is 1.61. The van der Waals surface area contributed by atoms with Crippen LogP contribution in [0.2, 0.25) is 0 Å². The van der Waals surface area contributed by atoms with Gasteiger partial charge in [-0.2, -0.15) is 4.39 Å². The van der Waals surface area contributed by atoms with E-state index in [4.69, 9.17) is 10.1 Å². The van der Waals surface area contributed by atoms with E-state index in [-0.39, 0.29) is 17.0 Å². The fourth-order valence-corrected chi connectivity index (χ4v) is 4.81. The first kappa shape index (κ1) is 22.7. The van der Waals surface area contributed by atoms with E-state index in [1.165, 1.54) is 6.07 Å². The number of methoxy groups -OCH3 is 1. The summed E-state index contributed by atoms with van der Waals surface area (Å²) in [5, 5.41) is 26.6. The molecule has 0 spiro atoms. The minimum Gasteiger partial charge on any atom is -0.515 e. The molecule has 0 amide bonds. The number of fused-ring (bicyclic) bond motifs is 2. The predicted molar refractivity (Wildman–Crippen MR) is 129 cm³/mol. The molecule has 180 valence electrons. The number of nitrogens with zero attached hydrogens (tertiary/aromatic N) is 5. The Hall–Kier alpha value is -4.05. The maximum atomic E-state index is 13.6. The van der Waals surface area contributed by atoms with Crippen LogP contribution in [0.15, 0.2) is 55.2 Å². The molecule has 2 bridgehead atoms. The highest BCUT2D eigenvalue weighted by Gasteiger charge is 2.44. The first-order valence-electron chi connectivity index (χ1n) is 11.2. The number of aliphatic hydroxyl groups is 1. The molecule has 9 nitrogen and oxygen atoms in total. The van der Waals surface area contributed by atoms with Crippen LogP contribution in [-0.4, -0.2) is 68.3 Å². The second-order valence-electron chi connectivity index (χ2n) is 8.68. The lowest BCUT2D eigenvalue weighted by molar-refractivity contribution is -0.00876. The summed E-state index contributed by atoms with van der Waals surface area (Å²) in [4.78, 5) is 17.7. The number of pyridine rings is 3. The molecule has 0 aliphatic carbocycles. The third-order valence-corrected chi connectivity index (χ3v) is 6.59. The Balaban J connectivity index is 1.30. The quantitative estimate of drug-likeness (QED) is 0.350. The van der Waals surface area contributed by atoms with E-state index >= 15 is 0 Å². The summed E-state index contributed by atoms with van der Waals surface area (Å²) in [5.41, 5.74) is 1.79. The number of hydrogen-bond acceptors (Lipinski definition) is 9. The largest absolute Gasteiger partial charge is 0.515 e. The number of ether oxygens (including phenoxy) is 1. The number of nitrogens with one attached hydrogen (secondary N) is 1. The highest BCUT2D eigenvalue weighted by Crippen LogP contribution is 2.36. The van der Waals surface area contributed by atoms with Gasteiger partial charge in [-0.15, -0.1) is 0 Å². The van der Waals surface area contributed by atoms with Crippen molar-refractivity contribution >= 4 is 17.4 Å². The summed E-state index contributed by atoms with van der Waals surface area (Å²) < 4.78 is 18.8. The van der Waals surface area contributed by atoms with Crippen molar-refractivity contribution in [3.63, 3.8) is 0 Å². The van der Waals surface area contributed by atoms with Crippen molar-refractivity contribution in [1.82, 2.24) is 19.9 Å². The van der Waals surface area contributed by atoms with Gasteiger partial charge in [0, 0.05) is 61.3 Å². The number of allylic oxidation sites excluding steroid dienone is 1.